The molecule has 134 heavy (non-hydrogen) atoms. The zero-order valence-electron chi connectivity index (χ0n) is 75.3. The lowest BCUT2D eigenvalue weighted by atomic mass is 9.83. The summed E-state index contributed by atoms with van der Waals surface area (Å²) in [6.45, 7) is 18.2. The van der Waals surface area contributed by atoms with Gasteiger partial charge in [-0.2, -0.15) is 61.7 Å². The number of aliphatic hydroxyl groups is 1. The Balaban J connectivity index is 0.000000180. The minimum absolute atomic E-state index is 0.00966. The topological polar surface area (TPSA) is 358 Å². The van der Waals surface area contributed by atoms with Gasteiger partial charge in [-0.3, -0.25) is 14.4 Å². The lowest BCUT2D eigenvalue weighted by Gasteiger charge is -2.15. The molecule has 0 saturated heterocycles. The number of aryl methyl sites for hydroxylation is 1. The van der Waals surface area contributed by atoms with Crippen LogP contribution in [0.3, 0.4) is 0 Å². The molecule has 23 nitrogen and oxygen atoms in total. The maximum Gasteiger partial charge on any atom is 0.489 e. The number of isocyanates is 1. The number of ether oxygens (including phenoxy) is 2. The molecule has 0 bridgehead atoms. The standard InChI is InChI=1S/C24H21NO4S.C23H19NO5S.C13H8O3S.C13H10O2S.C11H11NO2.C11H10O2.C4H5BO2S.3C2H6/c1-16(26)22(11-17-5-3-2-4-6-17)25-24(27)28-14-21-13-20-12-18(7-8-23(20)29-21)19-9-10-30-15-19;25-22(26)20(10-15-4-2-1-3-5-15)24-23(27)28-13-19-12-18-11-16(6-7-21(18)29-19)17-8-9-30-14-17;14-13(15)12-6-10-5-8(1-2-11(10)16-12)9-3-4-17-7-9;14-7-12-6-11-5-9(1-2-13(11)15-12)10-3-4-16-8-10;1-9(14)11(12-8-13)7-10-5-3-2-4-6-10;1-7-3-4-10-9(5-7)6-11(13-10)8(2)12;6-5(7)4-1-2-8-3-4;3*1-2/h2-10,12-13,15,22H,11,14H2,1H3,(H,25,27);1-9,11-12,14,20H,10,13H2,(H,24,27)(H,25,26);1-7H,(H,14,15);1-6,8,14H,7H2;2-6,11H,7H2,1H3;3-6H,1-2H3;1-3,6-7H;3*1-2H3. The van der Waals surface area contributed by atoms with E-state index in [1.807, 2.05) is 253 Å². The van der Waals surface area contributed by atoms with Crippen molar-refractivity contribution in [3.05, 3.63) is 348 Å². The van der Waals surface area contributed by atoms with Gasteiger partial charge in [-0.1, -0.05) is 174 Å². The molecule has 0 aliphatic carbocycles. The summed E-state index contributed by atoms with van der Waals surface area (Å²) in [7, 11) is -1.30. The Morgan fingerprint density at radius 1 is 0.396 bits per heavy atom. The molecule has 18 aromatic rings. The second-order valence-electron chi connectivity index (χ2n) is 28.8. The fourth-order valence-electron chi connectivity index (χ4n) is 12.9. The number of amides is 2. The van der Waals surface area contributed by atoms with Crippen LogP contribution in [0.4, 0.5) is 9.59 Å². The van der Waals surface area contributed by atoms with Crippen molar-refractivity contribution >= 4 is 172 Å². The number of carbonyl (C=O) groups is 7. The van der Waals surface area contributed by atoms with Crippen LogP contribution in [0.25, 0.3) is 99.4 Å². The molecular weight excluding hydrogens is 1790 g/mol. The molecule has 0 spiro atoms. The van der Waals surface area contributed by atoms with Gasteiger partial charge in [0.2, 0.25) is 11.8 Å². The minimum atomic E-state index is -1.30. The fourth-order valence-corrected chi connectivity index (χ4v) is 16.2. The first kappa shape index (κ1) is 103. The number of aliphatic imine (C=N–C) groups is 1. The van der Waals surface area contributed by atoms with Crippen LogP contribution >= 0.6 is 56.7 Å². The molecule has 8 aromatic carbocycles. The highest BCUT2D eigenvalue weighted by Gasteiger charge is 2.24. The number of ketones is 3. The number of benzene rings is 8. The van der Waals surface area contributed by atoms with Crippen LogP contribution in [-0.4, -0.2) is 98.2 Å². The van der Waals surface area contributed by atoms with Crippen molar-refractivity contribution in [1.82, 2.24) is 10.6 Å². The summed E-state index contributed by atoms with van der Waals surface area (Å²) in [6.07, 6.45) is 1.02. The van der Waals surface area contributed by atoms with Crippen LogP contribution in [0.15, 0.2) is 324 Å². The SMILES string of the molecule is CC.CC.CC.CC(=O)C(Cc1ccccc1)N=C=O.CC(=O)C(Cc1ccccc1)NC(=O)OCc1cc2cc(-c3ccsc3)ccc2o1.CC(=O)c1cc2cc(C)ccc2o1.O=C(NC(Cc1ccccc1)C(=O)O)OCc1cc2cc(-c3ccsc3)ccc2o1.O=C(O)c1cc2cc(-c3ccsc3)ccc2o1.OB(O)c1ccsc1.OCc1cc2cc(-c3ccsc3)ccc2o1. The van der Waals surface area contributed by atoms with Gasteiger partial charge in [-0.15, -0.1) is 0 Å². The highest BCUT2D eigenvalue weighted by atomic mass is 32.1. The molecule has 10 heterocycles. The third-order valence-electron chi connectivity index (χ3n) is 19.4. The van der Waals surface area contributed by atoms with Gasteiger partial charge in [-0.25, -0.2) is 24.0 Å². The molecule has 10 aromatic heterocycles. The Morgan fingerprint density at radius 3 is 1.10 bits per heavy atom. The van der Waals surface area contributed by atoms with Crippen molar-refractivity contribution < 1.29 is 95.3 Å². The van der Waals surface area contributed by atoms with Crippen molar-refractivity contribution in [1.29, 1.82) is 0 Å². The van der Waals surface area contributed by atoms with Gasteiger partial charge < -0.3 is 67.6 Å². The number of carbonyl (C=O) groups excluding carboxylic acids is 6. The lowest BCUT2D eigenvalue weighted by molar-refractivity contribution is -0.139. The van der Waals surface area contributed by atoms with Crippen molar-refractivity contribution in [3.8, 4) is 44.5 Å². The summed E-state index contributed by atoms with van der Waals surface area (Å²) >= 11 is 8.05. The molecular formula is C105H102BN3O20S5. The molecule has 29 heteroatoms. The van der Waals surface area contributed by atoms with Crippen LogP contribution in [0.5, 0.6) is 0 Å². The summed E-state index contributed by atoms with van der Waals surface area (Å²) < 4.78 is 37.9. The number of fused-ring (bicyclic) bond motifs is 5. The van der Waals surface area contributed by atoms with Gasteiger partial charge in [0, 0.05) is 46.7 Å². The Morgan fingerprint density at radius 2 is 0.746 bits per heavy atom. The van der Waals surface area contributed by atoms with E-state index >= 15 is 0 Å². The molecule has 3 unspecified atom stereocenters. The van der Waals surface area contributed by atoms with E-state index in [9.17, 15) is 43.5 Å². The number of hydrogen-bond acceptors (Lipinski definition) is 24. The number of nitrogens with zero attached hydrogens (tertiary/aromatic N) is 1. The van der Waals surface area contributed by atoms with Gasteiger partial charge in [0.05, 0.1) is 6.04 Å². The summed E-state index contributed by atoms with van der Waals surface area (Å²) in [5.41, 5.74) is 17.2. The van der Waals surface area contributed by atoms with Crippen molar-refractivity contribution in [2.24, 2.45) is 4.99 Å². The maximum atomic E-state index is 12.2. The van der Waals surface area contributed by atoms with Crippen LogP contribution in [0.1, 0.15) is 123 Å². The van der Waals surface area contributed by atoms with Crippen LogP contribution < -0.4 is 16.1 Å². The van der Waals surface area contributed by atoms with Crippen molar-refractivity contribution in [2.75, 3.05) is 0 Å². The number of aliphatic hydroxyl groups excluding tert-OH is 1. The Bertz CT molecular complexity index is 6530. The summed E-state index contributed by atoms with van der Waals surface area (Å²) in [6, 6.07) is 74.1. The molecule has 3 atom stereocenters. The average molecular weight is 1900 g/mol. The third-order valence-corrected chi connectivity index (χ3v) is 22.9. The number of thiophene rings is 5. The molecule has 0 aliphatic rings. The number of aliphatic carboxylic acids is 1. The number of alkyl carbamates (subject to hydrolysis) is 2. The van der Waals surface area contributed by atoms with E-state index in [-0.39, 0.29) is 49.4 Å². The lowest BCUT2D eigenvalue weighted by Crippen LogP contribution is -2.42. The van der Waals surface area contributed by atoms with Gasteiger partial charge in [0.15, 0.2) is 36.3 Å². The normalized spacial score (nSPS) is 10.9. The summed E-state index contributed by atoms with van der Waals surface area (Å²) in [5, 5.41) is 73.9. The first-order chi connectivity index (χ1) is 65.0. The largest absolute Gasteiger partial charge is 0.489 e. The number of carboxylic acids is 2. The predicted molar refractivity (Wildman–Crippen MR) is 536 cm³/mol. The second-order valence-corrected chi connectivity index (χ2v) is 32.7. The first-order valence-electron chi connectivity index (χ1n) is 42.7. The molecule has 0 aliphatic heterocycles. The van der Waals surface area contributed by atoms with Gasteiger partial charge in [0.25, 0.3) is 0 Å². The highest BCUT2D eigenvalue weighted by molar-refractivity contribution is 7.09. The van der Waals surface area contributed by atoms with E-state index in [0.717, 1.165) is 93.8 Å². The number of rotatable bonds is 24. The zero-order valence-corrected chi connectivity index (χ0v) is 79.4. The summed E-state index contributed by atoms with van der Waals surface area (Å²) in [4.78, 5) is 94.1. The van der Waals surface area contributed by atoms with E-state index < -0.39 is 49.4 Å². The number of aromatic carboxylic acids is 1. The average Bonchev–Trinajstić information content (AvgIpc) is 1.68. The molecule has 0 saturated carbocycles. The Labute approximate surface area is 795 Å². The quantitative estimate of drug-likeness (QED) is 0.0128. The van der Waals surface area contributed by atoms with Gasteiger partial charge in [0.1, 0.15) is 63.9 Å². The number of nitrogens with one attached hydrogen (secondary N) is 2. The van der Waals surface area contributed by atoms with Crippen molar-refractivity contribution in [3.63, 3.8) is 0 Å². The number of furan rings is 5. The minimum Gasteiger partial charge on any atom is -0.480 e. The fraction of sp³-hybridized carbons (Fsp3) is 0.181. The molecule has 2 amide bonds. The second kappa shape index (κ2) is 53.9. The van der Waals surface area contributed by atoms with Crippen LogP contribution in [0, 0.1) is 6.92 Å². The number of hydrogen-bond donors (Lipinski definition) is 7. The van der Waals surface area contributed by atoms with E-state index in [0.29, 0.717) is 52.5 Å². The first-order valence-corrected chi connectivity index (χ1v) is 47.4. The molecule has 18 rings (SSSR count). The maximum absolute atomic E-state index is 12.2. The molecule has 0 fully saturated rings. The zero-order chi connectivity index (χ0) is 96.4. The highest BCUT2D eigenvalue weighted by Crippen LogP contribution is 2.34. The number of carboxylic acid groups (broad SMARTS) is 2. The molecule has 7 N–H and O–H groups in total. The van der Waals surface area contributed by atoms with E-state index in [4.69, 9.17) is 51.8 Å². The number of Topliss-reactive ketones (excluding diaryl/α,β-unsaturated/α-hetero) is 3. The molecule has 0 radical (unpaired) electrons. The van der Waals surface area contributed by atoms with Crippen LogP contribution in [-0.2, 0) is 67.7 Å². The monoisotopic (exact) mass is 1900 g/mol. The van der Waals surface area contributed by atoms with Gasteiger partial charge >= 0.3 is 31.2 Å². The Kier molecular flexibility index (Phi) is 41.7. The van der Waals surface area contributed by atoms with Crippen molar-refractivity contribution in [2.45, 2.75) is 126 Å². The van der Waals surface area contributed by atoms with Crippen LogP contribution in [0.2, 0.25) is 0 Å². The summed E-state index contributed by atoms with van der Waals surface area (Å²) in [5.74, 6) is -0.395. The van der Waals surface area contributed by atoms with E-state index in [1.165, 1.54) is 54.9 Å². The third kappa shape index (κ3) is 31.8. The predicted octanol–water partition coefficient (Wildman–Crippen LogP) is 25.2. The van der Waals surface area contributed by atoms with E-state index in [2.05, 4.69) is 72.9 Å². The van der Waals surface area contributed by atoms with Gasteiger partial charge in [-0.05, 0) is 263 Å². The molecule has 690 valence electrons. The smallest absolute Gasteiger partial charge is 0.480 e. The Hall–Kier alpha value is -14.2. The van der Waals surface area contributed by atoms with E-state index in [1.54, 1.807) is 80.4 Å².